The van der Waals surface area contributed by atoms with Gasteiger partial charge in [0, 0.05) is 36.8 Å². The Balaban J connectivity index is 2.10. The Morgan fingerprint density at radius 1 is 1.40 bits per heavy atom. The molecule has 2 rings (SSSR count). The lowest BCUT2D eigenvalue weighted by Gasteiger charge is -2.19. The molecule has 2 aromatic rings. The van der Waals surface area contributed by atoms with Crippen molar-refractivity contribution in [3.05, 3.63) is 42.2 Å². The van der Waals surface area contributed by atoms with Crippen LogP contribution in [0.3, 0.4) is 0 Å². The SMILES string of the molecule is CCOc1ccccc1C(CSc1nccn1C)NC. The second-order valence-corrected chi connectivity index (χ2v) is 5.43. The Morgan fingerprint density at radius 2 is 2.20 bits per heavy atom. The number of aromatic nitrogens is 2. The molecule has 0 saturated heterocycles. The molecule has 1 unspecified atom stereocenters. The predicted octanol–water partition coefficient (Wildman–Crippen LogP) is 2.87. The molecule has 1 aromatic carbocycles. The van der Waals surface area contributed by atoms with Gasteiger partial charge in [-0.05, 0) is 20.0 Å². The number of nitrogens with one attached hydrogen (secondary N) is 1. The van der Waals surface area contributed by atoms with Gasteiger partial charge in [0.25, 0.3) is 0 Å². The van der Waals surface area contributed by atoms with E-state index in [1.54, 1.807) is 11.8 Å². The van der Waals surface area contributed by atoms with Crippen LogP contribution >= 0.6 is 11.8 Å². The Hall–Kier alpha value is -1.46. The molecule has 20 heavy (non-hydrogen) atoms. The zero-order chi connectivity index (χ0) is 14.4. The highest BCUT2D eigenvalue weighted by Crippen LogP contribution is 2.29. The van der Waals surface area contributed by atoms with Crippen molar-refractivity contribution in [1.29, 1.82) is 0 Å². The zero-order valence-electron chi connectivity index (χ0n) is 12.2. The van der Waals surface area contributed by atoms with Crippen LogP contribution in [0.1, 0.15) is 18.5 Å². The molecule has 0 aliphatic rings. The van der Waals surface area contributed by atoms with Gasteiger partial charge in [-0.2, -0.15) is 0 Å². The van der Waals surface area contributed by atoms with Crippen LogP contribution in [0.4, 0.5) is 0 Å². The van der Waals surface area contributed by atoms with Crippen molar-refractivity contribution in [3.63, 3.8) is 0 Å². The largest absolute Gasteiger partial charge is 0.494 e. The van der Waals surface area contributed by atoms with Gasteiger partial charge in [-0.1, -0.05) is 30.0 Å². The molecule has 0 bridgehead atoms. The fourth-order valence-corrected chi connectivity index (χ4v) is 3.09. The van der Waals surface area contributed by atoms with Gasteiger partial charge in [-0.25, -0.2) is 4.98 Å². The molecule has 1 N–H and O–H groups in total. The van der Waals surface area contributed by atoms with Crippen molar-refractivity contribution < 1.29 is 4.74 Å². The molecule has 0 fully saturated rings. The number of aryl methyl sites for hydroxylation is 1. The third-order valence-corrected chi connectivity index (χ3v) is 4.25. The maximum atomic E-state index is 5.71. The monoisotopic (exact) mass is 291 g/mol. The summed E-state index contributed by atoms with van der Waals surface area (Å²) in [6, 6.07) is 8.43. The quantitative estimate of drug-likeness (QED) is 0.796. The van der Waals surface area contributed by atoms with Gasteiger partial charge in [0.05, 0.1) is 6.61 Å². The number of ether oxygens (including phenoxy) is 1. The van der Waals surface area contributed by atoms with Crippen molar-refractivity contribution in [2.75, 3.05) is 19.4 Å². The predicted molar refractivity (Wildman–Crippen MR) is 83.3 cm³/mol. The van der Waals surface area contributed by atoms with Crippen LogP contribution in [0.25, 0.3) is 0 Å². The molecule has 5 heteroatoms. The van der Waals surface area contributed by atoms with Crippen molar-refractivity contribution >= 4 is 11.8 Å². The molecule has 0 saturated carbocycles. The van der Waals surface area contributed by atoms with Crippen molar-refractivity contribution in [2.45, 2.75) is 18.1 Å². The molecule has 4 nitrogen and oxygen atoms in total. The van der Waals surface area contributed by atoms with Crippen LogP contribution in [0, 0.1) is 0 Å². The Kier molecular flexibility index (Phi) is 5.49. The van der Waals surface area contributed by atoms with Gasteiger partial charge in [-0.3, -0.25) is 0 Å². The fourth-order valence-electron chi connectivity index (χ4n) is 2.03. The summed E-state index contributed by atoms with van der Waals surface area (Å²) in [4.78, 5) is 4.34. The number of hydrogen-bond acceptors (Lipinski definition) is 4. The Morgan fingerprint density at radius 3 is 2.85 bits per heavy atom. The first-order valence-corrected chi connectivity index (χ1v) is 7.74. The van der Waals surface area contributed by atoms with Crippen LogP contribution in [0.2, 0.25) is 0 Å². The maximum absolute atomic E-state index is 5.71. The van der Waals surface area contributed by atoms with Crippen LogP contribution in [0.15, 0.2) is 41.8 Å². The molecular weight excluding hydrogens is 270 g/mol. The first-order chi connectivity index (χ1) is 9.76. The lowest BCUT2D eigenvalue weighted by Crippen LogP contribution is -2.20. The molecule has 108 valence electrons. The van der Waals surface area contributed by atoms with E-state index in [1.807, 2.05) is 56.2 Å². The Labute approximate surface area is 124 Å². The lowest BCUT2D eigenvalue weighted by molar-refractivity contribution is 0.333. The van der Waals surface area contributed by atoms with Gasteiger partial charge in [0.1, 0.15) is 5.75 Å². The number of nitrogens with zero attached hydrogens (tertiary/aromatic N) is 2. The standard InChI is InChI=1S/C15H21N3OS/c1-4-19-14-8-6-5-7-12(14)13(16-2)11-20-15-17-9-10-18(15)3/h5-10,13,16H,4,11H2,1-3H3. The molecule has 1 aromatic heterocycles. The fraction of sp³-hybridized carbons (Fsp3) is 0.400. The smallest absolute Gasteiger partial charge is 0.167 e. The lowest BCUT2D eigenvalue weighted by atomic mass is 10.1. The van der Waals surface area contributed by atoms with Crippen LogP contribution in [-0.2, 0) is 7.05 Å². The summed E-state index contributed by atoms with van der Waals surface area (Å²) >= 11 is 1.74. The highest BCUT2D eigenvalue weighted by molar-refractivity contribution is 7.99. The van der Waals surface area contributed by atoms with Crippen LogP contribution in [0.5, 0.6) is 5.75 Å². The summed E-state index contributed by atoms with van der Waals surface area (Å²) in [7, 11) is 3.99. The minimum atomic E-state index is 0.236. The van der Waals surface area contributed by atoms with Crippen LogP contribution in [-0.4, -0.2) is 29.0 Å². The van der Waals surface area contributed by atoms with Gasteiger partial charge in [-0.15, -0.1) is 0 Å². The van der Waals surface area contributed by atoms with E-state index in [-0.39, 0.29) is 6.04 Å². The van der Waals surface area contributed by atoms with E-state index in [2.05, 4.69) is 16.4 Å². The van der Waals surface area contributed by atoms with E-state index in [0.29, 0.717) is 6.61 Å². The third-order valence-electron chi connectivity index (χ3n) is 3.10. The summed E-state index contributed by atoms with van der Waals surface area (Å²) in [5, 5.41) is 4.39. The number of para-hydroxylation sites is 1. The number of imidazole rings is 1. The second kappa shape index (κ2) is 7.36. The topological polar surface area (TPSA) is 39.1 Å². The number of rotatable bonds is 7. The van der Waals surface area contributed by atoms with Crippen molar-refractivity contribution in [2.24, 2.45) is 7.05 Å². The first kappa shape index (κ1) is 14.9. The minimum Gasteiger partial charge on any atom is -0.494 e. The van der Waals surface area contributed by atoms with Crippen molar-refractivity contribution in [1.82, 2.24) is 14.9 Å². The Bertz CT molecular complexity index is 541. The summed E-state index contributed by atoms with van der Waals surface area (Å²) < 4.78 is 7.74. The number of hydrogen-bond donors (Lipinski definition) is 1. The average Bonchev–Trinajstić information content (AvgIpc) is 2.87. The summed E-state index contributed by atoms with van der Waals surface area (Å²) in [5.41, 5.74) is 1.19. The highest BCUT2D eigenvalue weighted by atomic mass is 32.2. The van der Waals surface area contributed by atoms with E-state index in [4.69, 9.17) is 4.74 Å². The summed E-state index contributed by atoms with van der Waals surface area (Å²) in [5.74, 6) is 1.86. The van der Waals surface area contributed by atoms with Crippen LogP contribution < -0.4 is 10.1 Å². The average molecular weight is 291 g/mol. The molecule has 0 amide bonds. The molecule has 0 spiro atoms. The van der Waals surface area contributed by atoms with E-state index in [1.165, 1.54) is 5.56 Å². The van der Waals surface area contributed by atoms with Gasteiger partial charge < -0.3 is 14.6 Å². The zero-order valence-corrected chi connectivity index (χ0v) is 13.0. The van der Waals surface area contributed by atoms with E-state index in [9.17, 15) is 0 Å². The van der Waals surface area contributed by atoms with Gasteiger partial charge in [0.2, 0.25) is 0 Å². The van der Waals surface area contributed by atoms with E-state index < -0.39 is 0 Å². The van der Waals surface area contributed by atoms with Gasteiger partial charge >= 0.3 is 0 Å². The van der Waals surface area contributed by atoms with Crippen molar-refractivity contribution in [3.8, 4) is 5.75 Å². The molecule has 1 heterocycles. The normalized spacial score (nSPS) is 12.3. The van der Waals surface area contributed by atoms with E-state index in [0.717, 1.165) is 16.7 Å². The molecule has 0 radical (unpaired) electrons. The molecule has 0 aliphatic heterocycles. The molecule has 1 atom stereocenters. The molecule has 0 aliphatic carbocycles. The van der Waals surface area contributed by atoms with Gasteiger partial charge in [0.15, 0.2) is 5.16 Å². The minimum absolute atomic E-state index is 0.236. The number of benzene rings is 1. The van der Waals surface area contributed by atoms with E-state index >= 15 is 0 Å². The second-order valence-electron chi connectivity index (χ2n) is 4.44. The summed E-state index contributed by atoms with van der Waals surface area (Å²) in [6.07, 6.45) is 3.79. The number of thioether (sulfide) groups is 1. The maximum Gasteiger partial charge on any atom is 0.167 e. The molecular formula is C15H21N3OS. The summed E-state index contributed by atoms with van der Waals surface area (Å²) in [6.45, 7) is 2.69. The third kappa shape index (κ3) is 3.55. The first-order valence-electron chi connectivity index (χ1n) is 6.75. The highest BCUT2D eigenvalue weighted by Gasteiger charge is 2.15.